The fourth-order valence-electron chi connectivity index (χ4n) is 2.92. The van der Waals surface area contributed by atoms with Crippen molar-refractivity contribution in [3.05, 3.63) is 34.1 Å². The molecule has 1 aromatic carbocycles. The van der Waals surface area contributed by atoms with Gasteiger partial charge in [0.15, 0.2) is 0 Å². The summed E-state index contributed by atoms with van der Waals surface area (Å²) in [5, 5.41) is 3.57. The van der Waals surface area contributed by atoms with Gasteiger partial charge in [-0.15, -0.1) is 0 Å². The van der Waals surface area contributed by atoms with Crippen LogP contribution in [0.4, 0.5) is 4.39 Å². The summed E-state index contributed by atoms with van der Waals surface area (Å²) in [7, 11) is 0. The molecule has 1 fully saturated rings. The summed E-state index contributed by atoms with van der Waals surface area (Å²) in [6.07, 6.45) is 5.13. The summed E-state index contributed by atoms with van der Waals surface area (Å²) in [6.45, 7) is 5.39. The Morgan fingerprint density at radius 3 is 2.58 bits per heavy atom. The van der Waals surface area contributed by atoms with Gasteiger partial charge in [-0.2, -0.15) is 0 Å². The number of benzene rings is 1. The molecule has 0 atom stereocenters. The lowest BCUT2D eigenvalue weighted by Gasteiger charge is -2.31. The topological polar surface area (TPSA) is 12.0 Å². The molecule has 0 bridgehead atoms. The highest BCUT2D eigenvalue weighted by Gasteiger charge is 2.22. The molecule has 0 aliphatic heterocycles. The van der Waals surface area contributed by atoms with Crippen molar-refractivity contribution in [1.29, 1.82) is 0 Å². The van der Waals surface area contributed by atoms with E-state index in [2.05, 4.69) is 35.1 Å². The zero-order valence-electron chi connectivity index (χ0n) is 11.8. The second kappa shape index (κ2) is 6.85. The molecular weight excluding hydrogens is 305 g/mol. The minimum atomic E-state index is -0.163. The third-order valence-electron chi connectivity index (χ3n) is 4.30. The van der Waals surface area contributed by atoms with Crippen LogP contribution in [0.2, 0.25) is 0 Å². The smallest absolute Gasteiger partial charge is 0.123 e. The van der Waals surface area contributed by atoms with Gasteiger partial charge in [-0.3, -0.25) is 0 Å². The molecule has 0 unspecified atom stereocenters. The van der Waals surface area contributed by atoms with Crippen LogP contribution in [-0.2, 0) is 6.54 Å². The molecule has 0 amide bonds. The fourth-order valence-corrected chi connectivity index (χ4v) is 3.31. The molecule has 106 valence electrons. The highest BCUT2D eigenvalue weighted by molar-refractivity contribution is 9.10. The molecule has 1 N–H and O–H groups in total. The molecular formula is C16H23BrFN. The largest absolute Gasteiger partial charge is 0.310 e. The molecule has 1 aliphatic rings. The quantitative estimate of drug-likeness (QED) is 0.829. The number of nitrogens with one attached hydrogen (secondary N) is 1. The minimum Gasteiger partial charge on any atom is -0.310 e. The van der Waals surface area contributed by atoms with Crippen LogP contribution in [0, 0.1) is 17.7 Å². The highest BCUT2D eigenvalue weighted by Crippen LogP contribution is 2.30. The maximum atomic E-state index is 13.2. The van der Waals surface area contributed by atoms with E-state index in [1.54, 1.807) is 12.1 Å². The second-order valence-corrected chi connectivity index (χ2v) is 6.83. The third kappa shape index (κ3) is 4.28. The van der Waals surface area contributed by atoms with E-state index in [4.69, 9.17) is 0 Å². The SMILES string of the molecule is CC(C)C1CCC(NCc2cc(F)ccc2Br)CC1. The standard InChI is InChI=1S/C16H23BrFN/c1-11(2)12-3-6-15(7-4-12)19-10-13-9-14(18)5-8-16(13)17/h5,8-9,11-12,15,19H,3-4,6-7,10H2,1-2H3. The average Bonchev–Trinajstić information content (AvgIpc) is 2.40. The van der Waals surface area contributed by atoms with Gasteiger partial charge in [-0.1, -0.05) is 29.8 Å². The highest BCUT2D eigenvalue weighted by atomic mass is 79.9. The molecule has 1 aromatic rings. The Balaban J connectivity index is 1.82. The van der Waals surface area contributed by atoms with Crippen molar-refractivity contribution in [2.45, 2.75) is 52.1 Å². The summed E-state index contributed by atoms with van der Waals surface area (Å²) in [5.41, 5.74) is 1.01. The van der Waals surface area contributed by atoms with Gasteiger partial charge in [0.1, 0.15) is 5.82 Å². The Morgan fingerprint density at radius 1 is 1.26 bits per heavy atom. The average molecular weight is 328 g/mol. The molecule has 1 saturated carbocycles. The molecule has 1 aliphatic carbocycles. The van der Waals surface area contributed by atoms with Gasteiger partial charge in [0.25, 0.3) is 0 Å². The van der Waals surface area contributed by atoms with E-state index in [9.17, 15) is 4.39 Å². The maximum Gasteiger partial charge on any atom is 0.123 e. The Labute approximate surface area is 124 Å². The van der Waals surface area contributed by atoms with Crippen molar-refractivity contribution in [3.63, 3.8) is 0 Å². The Morgan fingerprint density at radius 2 is 1.95 bits per heavy atom. The van der Waals surface area contributed by atoms with Crippen LogP contribution in [0.15, 0.2) is 22.7 Å². The van der Waals surface area contributed by atoms with Crippen molar-refractivity contribution in [1.82, 2.24) is 5.32 Å². The van der Waals surface area contributed by atoms with Gasteiger partial charge in [-0.25, -0.2) is 4.39 Å². The van der Waals surface area contributed by atoms with E-state index in [1.165, 1.54) is 31.7 Å². The second-order valence-electron chi connectivity index (χ2n) is 5.97. The molecule has 0 heterocycles. The number of hydrogen-bond acceptors (Lipinski definition) is 1. The molecule has 0 radical (unpaired) electrons. The van der Waals surface area contributed by atoms with Crippen molar-refractivity contribution in [2.75, 3.05) is 0 Å². The van der Waals surface area contributed by atoms with Crippen LogP contribution in [0.3, 0.4) is 0 Å². The molecule has 2 rings (SSSR count). The summed E-state index contributed by atoms with van der Waals surface area (Å²) in [4.78, 5) is 0. The Kier molecular flexibility index (Phi) is 5.40. The summed E-state index contributed by atoms with van der Waals surface area (Å²) in [6, 6.07) is 5.46. The predicted molar refractivity (Wildman–Crippen MR) is 81.5 cm³/mol. The summed E-state index contributed by atoms with van der Waals surface area (Å²) >= 11 is 3.48. The lowest BCUT2D eigenvalue weighted by Crippen LogP contribution is -2.33. The number of hydrogen-bond donors (Lipinski definition) is 1. The first-order valence-corrected chi connectivity index (χ1v) is 8.03. The van der Waals surface area contributed by atoms with Gasteiger partial charge in [0.05, 0.1) is 0 Å². The predicted octanol–water partition coefficient (Wildman–Crippen LogP) is 4.89. The lowest BCUT2D eigenvalue weighted by molar-refractivity contribution is 0.238. The van der Waals surface area contributed by atoms with Gasteiger partial charge in [-0.05, 0) is 61.3 Å². The van der Waals surface area contributed by atoms with Crippen LogP contribution < -0.4 is 5.32 Å². The van der Waals surface area contributed by atoms with Gasteiger partial charge in [0, 0.05) is 17.1 Å². The van der Waals surface area contributed by atoms with E-state index < -0.39 is 0 Å². The van der Waals surface area contributed by atoms with Crippen molar-refractivity contribution in [3.8, 4) is 0 Å². The van der Waals surface area contributed by atoms with Gasteiger partial charge in [0.2, 0.25) is 0 Å². The molecule has 0 aromatic heterocycles. The summed E-state index contributed by atoms with van der Waals surface area (Å²) < 4.78 is 14.2. The molecule has 1 nitrogen and oxygen atoms in total. The van der Waals surface area contributed by atoms with Crippen molar-refractivity contribution >= 4 is 15.9 Å². The van der Waals surface area contributed by atoms with Crippen LogP contribution in [0.5, 0.6) is 0 Å². The normalized spacial score (nSPS) is 23.8. The van der Waals surface area contributed by atoms with E-state index >= 15 is 0 Å². The van der Waals surface area contributed by atoms with E-state index in [1.807, 2.05) is 0 Å². The Bertz CT molecular complexity index is 411. The first kappa shape index (κ1) is 15.0. The van der Waals surface area contributed by atoms with Crippen LogP contribution >= 0.6 is 15.9 Å². The molecule has 19 heavy (non-hydrogen) atoms. The monoisotopic (exact) mass is 327 g/mol. The maximum absolute atomic E-state index is 13.2. The van der Waals surface area contributed by atoms with Gasteiger partial charge < -0.3 is 5.32 Å². The lowest BCUT2D eigenvalue weighted by atomic mass is 9.80. The zero-order chi connectivity index (χ0) is 13.8. The van der Waals surface area contributed by atoms with Crippen LogP contribution in [-0.4, -0.2) is 6.04 Å². The molecule has 0 saturated heterocycles. The fraction of sp³-hybridized carbons (Fsp3) is 0.625. The van der Waals surface area contributed by atoms with Crippen LogP contribution in [0.25, 0.3) is 0 Å². The minimum absolute atomic E-state index is 0.163. The first-order valence-electron chi connectivity index (χ1n) is 7.23. The van der Waals surface area contributed by atoms with Crippen molar-refractivity contribution in [2.24, 2.45) is 11.8 Å². The molecule has 0 spiro atoms. The molecule has 3 heteroatoms. The van der Waals surface area contributed by atoms with E-state index in [0.717, 1.165) is 28.4 Å². The third-order valence-corrected chi connectivity index (χ3v) is 5.08. The Hall–Kier alpha value is -0.410. The summed E-state index contributed by atoms with van der Waals surface area (Å²) in [5.74, 6) is 1.53. The number of rotatable bonds is 4. The number of halogens is 2. The van der Waals surface area contributed by atoms with E-state index in [0.29, 0.717) is 6.04 Å². The first-order chi connectivity index (χ1) is 9.06. The zero-order valence-corrected chi connectivity index (χ0v) is 13.3. The van der Waals surface area contributed by atoms with E-state index in [-0.39, 0.29) is 5.82 Å². The van der Waals surface area contributed by atoms with Crippen LogP contribution in [0.1, 0.15) is 45.1 Å². The van der Waals surface area contributed by atoms with Gasteiger partial charge >= 0.3 is 0 Å². The van der Waals surface area contributed by atoms with Crippen molar-refractivity contribution < 1.29 is 4.39 Å².